The van der Waals surface area contributed by atoms with Crippen LogP contribution in [0.4, 0.5) is 5.69 Å². The van der Waals surface area contributed by atoms with Gasteiger partial charge in [-0.15, -0.1) is 11.3 Å². The van der Waals surface area contributed by atoms with Crippen molar-refractivity contribution >= 4 is 38.0 Å². The second kappa shape index (κ2) is 5.28. The van der Waals surface area contributed by atoms with Crippen LogP contribution in [0.2, 0.25) is 0 Å². The number of nitrogens with zero attached hydrogens (tertiary/aromatic N) is 2. The van der Waals surface area contributed by atoms with Crippen LogP contribution in [0.25, 0.3) is 31.6 Å². The van der Waals surface area contributed by atoms with E-state index in [1.165, 1.54) is 0 Å². The summed E-state index contributed by atoms with van der Waals surface area (Å²) in [6.07, 6.45) is 0. The van der Waals surface area contributed by atoms with Crippen LogP contribution in [0.5, 0.6) is 0 Å². The van der Waals surface area contributed by atoms with E-state index in [9.17, 15) is 4.79 Å². The smallest absolute Gasteiger partial charge is 0.190 e. The van der Waals surface area contributed by atoms with Crippen molar-refractivity contribution in [3.63, 3.8) is 0 Å². The Balaban J connectivity index is 2.22. The Labute approximate surface area is 144 Å². The minimum absolute atomic E-state index is 0.107. The summed E-state index contributed by atoms with van der Waals surface area (Å²) in [6, 6.07) is 12.1. The van der Waals surface area contributed by atoms with Gasteiger partial charge in [0.05, 0.1) is 20.8 Å². The highest BCUT2D eigenvalue weighted by molar-refractivity contribution is 7.21. The molecule has 0 saturated carbocycles. The van der Waals surface area contributed by atoms with E-state index in [0.29, 0.717) is 0 Å². The lowest BCUT2D eigenvalue weighted by molar-refractivity contribution is 1.13. The summed E-state index contributed by atoms with van der Waals surface area (Å²) < 4.78 is 1.11. The molecule has 24 heavy (non-hydrogen) atoms. The van der Waals surface area contributed by atoms with E-state index in [2.05, 4.69) is 24.0 Å². The van der Waals surface area contributed by atoms with Gasteiger partial charge in [0.25, 0.3) is 0 Å². The Kier molecular flexibility index (Phi) is 3.32. The van der Waals surface area contributed by atoms with E-state index in [1.54, 1.807) is 11.3 Å². The average Bonchev–Trinajstić information content (AvgIpc) is 2.58. The van der Waals surface area contributed by atoms with Gasteiger partial charge in [0, 0.05) is 36.1 Å². The third-order valence-electron chi connectivity index (χ3n) is 4.53. The van der Waals surface area contributed by atoms with Crippen LogP contribution in [0.1, 0.15) is 11.1 Å². The predicted molar refractivity (Wildman–Crippen MR) is 104 cm³/mol. The third kappa shape index (κ3) is 2.10. The number of anilines is 1. The number of rotatable bonds is 1. The molecular weight excluding hydrogens is 316 g/mol. The zero-order valence-electron chi connectivity index (χ0n) is 14.2. The van der Waals surface area contributed by atoms with Crippen molar-refractivity contribution in [3.8, 4) is 10.6 Å². The van der Waals surface area contributed by atoms with Crippen molar-refractivity contribution < 1.29 is 0 Å². The Bertz CT molecular complexity index is 1130. The predicted octanol–water partition coefficient (Wildman–Crippen LogP) is 4.60. The first kappa shape index (κ1) is 15.1. The van der Waals surface area contributed by atoms with Crippen molar-refractivity contribution in [1.29, 1.82) is 0 Å². The molecule has 120 valence electrons. The quantitative estimate of drug-likeness (QED) is 0.377. The van der Waals surface area contributed by atoms with Gasteiger partial charge < -0.3 is 4.90 Å². The molecule has 0 saturated heterocycles. The van der Waals surface area contributed by atoms with Gasteiger partial charge in [-0.05, 0) is 31.5 Å². The van der Waals surface area contributed by atoms with Crippen molar-refractivity contribution in [1.82, 2.24) is 4.98 Å². The lowest BCUT2D eigenvalue weighted by Gasteiger charge is -2.17. The van der Waals surface area contributed by atoms with E-state index in [0.717, 1.165) is 48.4 Å². The fraction of sp³-hybridized carbons (Fsp3) is 0.200. The molecule has 0 aromatic heterocycles. The summed E-state index contributed by atoms with van der Waals surface area (Å²) in [6.45, 7) is 4.00. The van der Waals surface area contributed by atoms with Gasteiger partial charge in [-0.2, -0.15) is 0 Å². The first-order valence-electron chi connectivity index (χ1n) is 7.91. The maximum Gasteiger partial charge on any atom is 0.190 e. The van der Waals surface area contributed by atoms with Crippen LogP contribution in [-0.4, -0.2) is 19.1 Å². The fourth-order valence-corrected chi connectivity index (χ4v) is 4.36. The van der Waals surface area contributed by atoms with Crippen molar-refractivity contribution in [3.05, 3.63) is 57.7 Å². The standard InChI is InChI=1S/C20H18N2OS/c1-11-9-13(22(3)4)10-16-17(11)21-18-14-7-5-6-8-15(14)19(23)12(2)20(18)24-16/h5-10H,1-4H3. The molecule has 0 bridgehead atoms. The molecule has 2 aliphatic rings. The zero-order valence-corrected chi connectivity index (χ0v) is 15.0. The normalized spacial score (nSPS) is 11.5. The molecule has 4 heteroatoms. The van der Waals surface area contributed by atoms with Gasteiger partial charge in [-0.25, -0.2) is 4.98 Å². The van der Waals surface area contributed by atoms with Crippen LogP contribution < -0.4 is 10.3 Å². The Morgan fingerprint density at radius 2 is 1.75 bits per heavy atom. The maximum atomic E-state index is 12.7. The molecule has 1 aliphatic carbocycles. The maximum absolute atomic E-state index is 12.7. The second-order valence-corrected chi connectivity index (χ2v) is 7.45. The number of aromatic nitrogens is 1. The van der Waals surface area contributed by atoms with Crippen molar-refractivity contribution in [2.24, 2.45) is 0 Å². The van der Waals surface area contributed by atoms with Gasteiger partial charge in [-0.1, -0.05) is 24.3 Å². The molecule has 0 atom stereocenters. The fourth-order valence-electron chi connectivity index (χ4n) is 3.16. The molecule has 0 spiro atoms. The van der Waals surface area contributed by atoms with E-state index in [4.69, 9.17) is 4.98 Å². The highest BCUT2D eigenvalue weighted by atomic mass is 32.1. The molecule has 0 unspecified atom stereocenters. The molecule has 1 aliphatic heterocycles. The Hall–Kier alpha value is -2.46. The zero-order chi connectivity index (χ0) is 17.0. The molecule has 0 N–H and O–H groups in total. The highest BCUT2D eigenvalue weighted by Crippen LogP contribution is 2.38. The molecule has 1 heterocycles. The second-order valence-electron chi connectivity index (χ2n) is 6.40. The van der Waals surface area contributed by atoms with Crippen LogP contribution in [-0.2, 0) is 0 Å². The summed E-state index contributed by atoms with van der Waals surface area (Å²) in [5, 5.41) is 1.70. The molecular formula is C20H18N2OS. The number of hydrogen-bond acceptors (Lipinski definition) is 4. The monoisotopic (exact) mass is 334 g/mol. The number of fused-ring (bicyclic) bond motifs is 4. The summed E-state index contributed by atoms with van der Waals surface area (Å²) in [5.41, 5.74) is 5.15. The summed E-state index contributed by atoms with van der Waals surface area (Å²) in [5.74, 6) is 0. The number of hydrogen-bond donors (Lipinski definition) is 0. The first-order valence-corrected chi connectivity index (χ1v) is 8.73. The minimum Gasteiger partial charge on any atom is -0.378 e. The minimum atomic E-state index is 0.107. The van der Waals surface area contributed by atoms with Gasteiger partial charge >= 0.3 is 0 Å². The molecule has 2 aromatic rings. The molecule has 4 rings (SSSR count). The van der Waals surface area contributed by atoms with Crippen molar-refractivity contribution in [2.75, 3.05) is 19.0 Å². The molecule has 0 fully saturated rings. The molecule has 0 radical (unpaired) electrons. The Morgan fingerprint density at radius 1 is 1.04 bits per heavy atom. The topological polar surface area (TPSA) is 33.2 Å². The summed E-state index contributed by atoms with van der Waals surface area (Å²) in [4.78, 5) is 20.7. The van der Waals surface area contributed by atoms with Gasteiger partial charge in [0.15, 0.2) is 5.43 Å². The lowest BCUT2D eigenvalue weighted by atomic mass is 10.0. The Morgan fingerprint density at radius 3 is 2.46 bits per heavy atom. The number of benzene rings is 3. The molecule has 3 nitrogen and oxygen atoms in total. The van der Waals surface area contributed by atoms with Gasteiger partial charge in [-0.3, -0.25) is 4.79 Å². The van der Waals surface area contributed by atoms with E-state index in [1.807, 2.05) is 45.3 Å². The van der Waals surface area contributed by atoms with Crippen LogP contribution in [0.3, 0.4) is 0 Å². The van der Waals surface area contributed by atoms with Crippen LogP contribution in [0.15, 0.2) is 41.2 Å². The SMILES string of the molecule is Cc1c2sc3cc(N(C)C)cc(C)c3nc-2c2ccccc2c1=O. The van der Waals surface area contributed by atoms with Gasteiger partial charge in [0.1, 0.15) is 0 Å². The lowest BCUT2D eigenvalue weighted by Crippen LogP contribution is -2.10. The summed E-state index contributed by atoms with van der Waals surface area (Å²) >= 11 is 1.66. The van der Waals surface area contributed by atoms with Gasteiger partial charge in [0.2, 0.25) is 0 Å². The van der Waals surface area contributed by atoms with E-state index in [-0.39, 0.29) is 5.43 Å². The first-order chi connectivity index (χ1) is 11.5. The third-order valence-corrected chi connectivity index (χ3v) is 5.76. The molecule has 2 aromatic carbocycles. The largest absolute Gasteiger partial charge is 0.378 e. The highest BCUT2D eigenvalue weighted by Gasteiger charge is 2.18. The summed E-state index contributed by atoms with van der Waals surface area (Å²) in [7, 11) is 4.07. The van der Waals surface area contributed by atoms with E-state index >= 15 is 0 Å². The van der Waals surface area contributed by atoms with E-state index < -0.39 is 0 Å². The van der Waals surface area contributed by atoms with Crippen molar-refractivity contribution in [2.45, 2.75) is 13.8 Å². The van der Waals surface area contributed by atoms with Crippen LogP contribution in [0, 0.1) is 13.8 Å². The van der Waals surface area contributed by atoms with Crippen LogP contribution >= 0.6 is 11.3 Å². The number of aryl methyl sites for hydroxylation is 1. The average molecular weight is 334 g/mol. The molecule has 0 amide bonds.